The molecule has 1 fully saturated rings. The second-order valence-electron chi connectivity index (χ2n) is 6.87. The lowest BCUT2D eigenvalue weighted by Gasteiger charge is -2.26. The summed E-state index contributed by atoms with van der Waals surface area (Å²) in [5.74, 6) is -0.853. The molecule has 1 aromatic heterocycles. The summed E-state index contributed by atoms with van der Waals surface area (Å²) in [4.78, 5) is 24.6. The number of hydrogen-bond acceptors (Lipinski definition) is 5. The highest BCUT2D eigenvalue weighted by Crippen LogP contribution is 2.33. The third-order valence-electron chi connectivity index (χ3n) is 5.07. The topological polar surface area (TPSA) is 102 Å². The van der Waals surface area contributed by atoms with Gasteiger partial charge < -0.3 is 14.6 Å². The zero-order valence-electron chi connectivity index (χ0n) is 15.9. The number of nitriles is 1. The van der Waals surface area contributed by atoms with Gasteiger partial charge in [0.2, 0.25) is 0 Å². The van der Waals surface area contributed by atoms with E-state index in [9.17, 15) is 20.0 Å². The molecule has 3 rings (SSSR count). The Morgan fingerprint density at radius 2 is 2.14 bits per heavy atom. The van der Waals surface area contributed by atoms with E-state index >= 15 is 0 Å². The third-order valence-corrected chi connectivity index (χ3v) is 5.31. The number of carboxylic acid groups (broad SMARTS) is 1. The summed E-state index contributed by atoms with van der Waals surface area (Å²) in [7, 11) is 1.42. The van der Waals surface area contributed by atoms with Crippen LogP contribution in [0.25, 0.3) is 11.1 Å². The van der Waals surface area contributed by atoms with E-state index in [1.54, 1.807) is 18.2 Å². The highest BCUT2D eigenvalue weighted by Gasteiger charge is 2.25. The number of rotatable bonds is 8. The van der Waals surface area contributed by atoms with Crippen LogP contribution in [0.15, 0.2) is 35.3 Å². The predicted molar refractivity (Wildman–Crippen MR) is 107 cm³/mol. The van der Waals surface area contributed by atoms with Gasteiger partial charge in [0.15, 0.2) is 0 Å². The predicted octanol–water partition coefficient (Wildman–Crippen LogP) is 3.63. The molecule has 0 bridgehead atoms. The van der Waals surface area contributed by atoms with E-state index in [-0.39, 0.29) is 24.9 Å². The Hall–Kier alpha value is -2.82. The number of nitrogens with zero attached hydrogens (tertiary/aromatic N) is 2. The largest absolute Gasteiger partial charge is 0.495 e. The fraction of sp³-hybridized carbons (Fsp3) is 0.381. The number of carboxylic acids is 1. The maximum absolute atomic E-state index is 12.8. The molecule has 0 spiro atoms. The van der Waals surface area contributed by atoms with Crippen molar-refractivity contribution in [2.24, 2.45) is 0 Å². The molecule has 0 aliphatic heterocycles. The summed E-state index contributed by atoms with van der Waals surface area (Å²) in [6.07, 6.45) is 4.81. The number of ether oxygens (including phenoxy) is 2. The van der Waals surface area contributed by atoms with Crippen LogP contribution >= 0.6 is 11.6 Å². The van der Waals surface area contributed by atoms with Crippen LogP contribution in [0.5, 0.6) is 5.75 Å². The Morgan fingerprint density at radius 3 is 2.72 bits per heavy atom. The first-order valence-electron chi connectivity index (χ1n) is 9.29. The quantitative estimate of drug-likeness (QED) is 0.705. The first-order valence-corrected chi connectivity index (χ1v) is 9.67. The van der Waals surface area contributed by atoms with E-state index in [4.69, 9.17) is 21.1 Å². The van der Waals surface area contributed by atoms with Crippen molar-refractivity contribution in [1.82, 2.24) is 4.57 Å². The maximum atomic E-state index is 12.8. The lowest BCUT2D eigenvalue weighted by atomic mass is 9.96. The van der Waals surface area contributed by atoms with Crippen molar-refractivity contribution in [2.75, 3.05) is 13.7 Å². The van der Waals surface area contributed by atoms with Crippen molar-refractivity contribution < 1.29 is 19.4 Å². The lowest BCUT2D eigenvalue weighted by Crippen LogP contribution is -2.31. The lowest BCUT2D eigenvalue weighted by molar-refractivity contribution is -0.142. The van der Waals surface area contributed by atoms with Crippen LogP contribution in [0.2, 0.25) is 5.02 Å². The van der Waals surface area contributed by atoms with Crippen molar-refractivity contribution >= 4 is 17.6 Å². The smallest absolute Gasteiger partial charge is 0.326 e. The minimum Gasteiger partial charge on any atom is -0.495 e. The molecule has 2 aromatic rings. The highest BCUT2D eigenvalue weighted by atomic mass is 35.5. The highest BCUT2D eigenvalue weighted by molar-refractivity contribution is 6.31. The summed E-state index contributed by atoms with van der Waals surface area (Å²) >= 11 is 6.06. The van der Waals surface area contributed by atoms with Crippen LogP contribution in [0.3, 0.4) is 0 Å². The van der Waals surface area contributed by atoms with Crippen LogP contribution in [0.4, 0.5) is 0 Å². The van der Waals surface area contributed by atoms with Crippen LogP contribution in [-0.4, -0.2) is 35.5 Å². The molecular weight excluding hydrogens is 396 g/mol. The minimum absolute atomic E-state index is 0.162. The molecule has 1 unspecified atom stereocenters. The number of methoxy groups -OCH3 is 1. The standard InChI is InChI=1S/C21H21ClN2O5/c1-28-19-12-24(18(21(26)27)7-8-29-15-3-2-4-15)20(25)10-17(19)16-9-14(22)6-5-13(16)11-23/h5-6,9-10,12,15,18H,2-4,7-8H2,1H3,(H,26,27). The van der Waals surface area contributed by atoms with Crippen molar-refractivity contribution in [1.29, 1.82) is 5.26 Å². The average molecular weight is 417 g/mol. The van der Waals surface area contributed by atoms with Gasteiger partial charge in [-0.15, -0.1) is 0 Å². The van der Waals surface area contributed by atoms with E-state index in [1.165, 1.54) is 19.4 Å². The first-order chi connectivity index (χ1) is 13.9. The van der Waals surface area contributed by atoms with Crippen LogP contribution < -0.4 is 10.3 Å². The van der Waals surface area contributed by atoms with Gasteiger partial charge in [-0.05, 0) is 37.5 Å². The third kappa shape index (κ3) is 4.61. The molecule has 1 aromatic carbocycles. The molecule has 1 aliphatic rings. The summed E-state index contributed by atoms with van der Waals surface area (Å²) in [6.45, 7) is 0.255. The van der Waals surface area contributed by atoms with Crippen molar-refractivity contribution in [3.05, 3.63) is 51.4 Å². The molecular formula is C21H21ClN2O5. The molecule has 7 nitrogen and oxygen atoms in total. The Balaban J connectivity index is 1.96. The second kappa shape index (κ2) is 9.12. The zero-order valence-corrected chi connectivity index (χ0v) is 16.7. The van der Waals surface area contributed by atoms with E-state index in [1.807, 2.05) is 0 Å². The van der Waals surface area contributed by atoms with Gasteiger partial charge in [-0.3, -0.25) is 9.36 Å². The number of aliphatic carboxylic acids is 1. The number of hydrogen-bond donors (Lipinski definition) is 1. The summed E-state index contributed by atoms with van der Waals surface area (Å²) in [5, 5.41) is 19.4. The normalized spacial score (nSPS) is 14.7. The number of aromatic nitrogens is 1. The van der Waals surface area contributed by atoms with Gasteiger partial charge in [0.1, 0.15) is 11.8 Å². The molecule has 1 aliphatic carbocycles. The molecule has 8 heteroatoms. The van der Waals surface area contributed by atoms with E-state index in [2.05, 4.69) is 6.07 Å². The Bertz CT molecular complexity index is 1010. The van der Waals surface area contributed by atoms with Crippen molar-refractivity contribution in [3.8, 4) is 22.9 Å². The summed E-state index contributed by atoms with van der Waals surface area (Å²) in [6, 6.07) is 6.96. The van der Waals surface area contributed by atoms with Crippen LogP contribution in [0, 0.1) is 11.3 Å². The summed E-state index contributed by atoms with van der Waals surface area (Å²) < 4.78 is 12.2. The first kappa shape index (κ1) is 20.9. The Morgan fingerprint density at radius 1 is 1.38 bits per heavy atom. The number of carbonyl (C=O) groups is 1. The molecule has 0 radical (unpaired) electrons. The van der Waals surface area contributed by atoms with Gasteiger partial charge in [0.05, 0.1) is 31.0 Å². The van der Waals surface area contributed by atoms with Gasteiger partial charge in [-0.2, -0.15) is 5.26 Å². The molecule has 1 atom stereocenters. The Labute approximate surface area is 173 Å². The fourth-order valence-corrected chi connectivity index (χ4v) is 3.42. The molecule has 29 heavy (non-hydrogen) atoms. The van der Waals surface area contributed by atoms with Gasteiger partial charge in [0.25, 0.3) is 5.56 Å². The van der Waals surface area contributed by atoms with Crippen molar-refractivity contribution in [3.63, 3.8) is 0 Å². The van der Waals surface area contributed by atoms with Crippen LogP contribution in [0.1, 0.15) is 37.3 Å². The average Bonchev–Trinajstić information content (AvgIpc) is 2.66. The van der Waals surface area contributed by atoms with Gasteiger partial charge in [-0.1, -0.05) is 11.6 Å². The van der Waals surface area contributed by atoms with Gasteiger partial charge >= 0.3 is 5.97 Å². The van der Waals surface area contributed by atoms with Crippen LogP contribution in [-0.2, 0) is 9.53 Å². The fourth-order valence-electron chi connectivity index (χ4n) is 3.25. The number of halogens is 1. The molecule has 0 amide bonds. The van der Waals surface area contributed by atoms with Gasteiger partial charge in [-0.25, -0.2) is 4.79 Å². The minimum atomic E-state index is -1.13. The maximum Gasteiger partial charge on any atom is 0.326 e. The van der Waals surface area contributed by atoms with E-state index < -0.39 is 17.6 Å². The number of benzene rings is 1. The zero-order chi connectivity index (χ0) is 21.0. The second-order valence-corrected chi connectivity index (χ2v) is 7.31. The Kier molecular flexibility index (Phi) is 6.57. The van der Waals surface area contributed by atoms with Crippen molar-refractivity contribution in [2.45, 2.75) is 37.8 Å². The molecule has 1 saturated carbocycles. The molecule has 1 heterocycles. The van der Waals surface area contributed by atoms with E-state index in [0.29, 0.717) is 21.7 Å². The van der Waals surface area contributed by atoms with E-state index in [0.717, 1.165) is 23.8 Å². The molecule has 152 valence electrons. The monoisotopic (exact) mass is 416 g/mol. The van der Waals surface area contributed by atoms with Gasteiger partial charge in [0, 0.05) is 35.2 Å². The summed E-state index contributed by atoms with van der Waals surface area (Å²) in [5.41, 5.74) is 0.637. The molecule has 1 N–H and O–H groups in total. The SMILES string of the molecule is COc1cn(C(CCOC2CCC2)C(=O)O)c(=O)cc1-c1cc(Cl)ccc1C#N. The number of pyridine rings is 1. The molecule has 0 saturated heterocycles.